The van der Waals surface area contributed by atoms with E-state index in [2.05, 4.69) is 50.7 Å². The molecule has 9 heteroatoms. The van der Waals surface area contributed by atoms with E-state index in [1.807, 2.05) is 26.0 Å². The second-order valence-corrected chi connectivity index (χ2v) is 12.0. The molecular formula is C35H42N4O5. The van der Waals surface area contributed by atoms with Crippen LogP contribution in [0.3, 0.4) is 0 Å². The summed E-state index contributed by atoms with van der Waals surface area (Å²) in [6.45, 7) is 15.2. The summed E-state index contributed by atoms with van der Waals surface area (Å²) in [6.07, 6.45) is 2.09. The van der Waals surface area contributed by atoms with Crippen molar-refractivity contribution in [2.75, 3.05) is 13.2 Å². The fourth-order valence-corrected chi connectivity index (χ4v) is 6.60. The molecule has 2 aliphatic heterocycles. The standard InChI is InChI=1S/C35H42N4O5/c1-8-12-44-16-24-19(5)25-13-27-18(4)23(10-11-31(40)41)33(38-27)21(7)34-32(35(42)43)20(6)28(39-34)15-29-22(9-2)17(3)26(36-29)14-30(24)37-25/h13-15,18,23,36,39H,8-12,16H2,1-7H3,(H,40,41)(H,42,43)/t18-,23-/m0/s1. The second-order valence-electron chi connectivity index (χ2n) is 12.0. The SMILES string of the molecule is CCCOCC1=C(C)c2cc3nc(c(C)c4[nH]c(cc5[nH]c(cc1n2)c(C)c5CC)c(C)c4C(=O)O)[C@@H](CCC(=O)O)[C@@H]3C. The molecule has 2 atom stereocenters. The molecule has 0 amide bonds. The van der Waals surface area contributed by atoms with Gasteiger partial charge in [0.25, 0.3) is 0 Å². The summed E-state index contributed by atoms with van der Waals surface area (Å²) >= 11 is 0. The van der Waals surface area contributed by atoms with Crippen LogP contribution in [-0.2, 0) is 16.0 Å². The molecule has 0 spiro atoms. The number of nitrogens with one attached hydrogen (secondary N) is 2. The van der Waals surface area contributed by atoms with Gasteiger partial charge in [-0.1, -0.05) is 20.8 Å². The molecule has 0 aliphatic carbocycles. The second kappa shape index (κ2) is 12.4. The van der Waals surface area contributed by atoms with Crippen LogP contribution in [0.25, 0.3) is 33.2 Å². The minimum atomic E-state index is -1.02. The van der Waals surface area contributed by atoms with E-state index in [9.17, 15) is 19.8 Å². The lowest BCUT2D eigenvalue weighted by Gasteiger charge is -2.16. The summed E-state index contributed by atoms with van der Waals surface area (Å²) in [5, 5.41) is 19.9. The third-order valence-electron chi connectivity index (χ3n) is 9.24. The fraction of sp³-hybridized carbons (Fsp3) is 0.429. The van der Waals surface area contributed by atoms with Gasteiger partial charge in [-0.3, -0.25) is 9.78 Å². The molecule has 0 saturated heterocycles. The van der Waals surface area contributed by atoms with Gasteiger partial charge >= 0.3 is 11.9 Å². The third kappa shape index (κ3) is 5.56. The van der Waals surface area contributed by atoms with Crippen molar-refractivity contribution in [3.8, 4) is 0 Å². The lowest BCUT2D eigenvalue weighted by atomic mass is 9.85. The largest absolute Gasteiger partial charge is 0.481 e. The van der Waals surface area contributed by atoms with Crippen molar-refractivity contribution >= 4 is 45.2 Å². The van der Waals surface area contributed by atoms with Gasteiger partial charge in [0.15, 0.2) is 0 Å². The number of carboxylic acids is 2. The lowest BCUT2D eigenvalue weighted by molar-refractivity contribution is -0.137. The topological polar surface area (TPSA) is 141 Å². The Hall–Kier alpha value is -4.24. The Kier molecular flexibility index (Phi) is 8.79. The number of H-pyrrole nitrogens is 2. The molecule has 5 rings (SSSR count). The van der Waals surface area contributed by atoms with E-state index in [0.29, 0.717) is 47.5 Å². The van der Waals surface area contributed by atoms with Gasteiger partial charge in [0.2, 0.25) is 0 Å². The maximum absolute atomic E-state index is 12.6. The first kappa shape index (κ1) is 31.2. The number of aromatic carboxylic acids is 1. The summed E-state index contributed by atoms with van der Waals surface area (Å²) in [6, 6.07) is 6.07. The smallest absolute Gasteiger partial charge is 0.338 e. The number of aromatic nitrogens is 4. The maximum Gasteiger partial charge on any atom is 0.338 e. The average Bonchev–Trinajstić information content (AvgIpc) is 3.65. The fourth-order valence-electron chi connectivity index (χ4n) is 6.60. The molecule has 3 aromatic rings. The molecule has 0 unspecified atom stereocenters. The molecule has 0 saturated carbocycles. The number of fused-ring (bicyclic) bond motifs is 8. The molecule has 0 aromatic carbocycles. The molecule has 9 nitrogen and oxygen atoms in total. The summed E-state index contributed by atoms with van der Waals surface area (Å²) in [4.78, 5) is 41.4. The van der Waals surface area contributed by atoms with Gasteiger partial charge in [-0.25, -0.2) is 9.78 Å². The number of hydrogen-bond donors (Lipinski definition) is 4. The highest BCUT2D eigenvalue weighted by molar-refractivity contribution is 6.02. The molecule has 5 heterocycles. The van der Waals surface area contributed by atoms with Crippen LogP contribution in [-0.4, -0.2) is 55.3 Å². The molecule has 8 bridgehead atoms. The number of hydrogen-bond acceptors (Lipinski definition) is 5. The number of carbonyl (C=O) groups is 2. The van der Waals surface area contributed by atoms with E-state index in [1.165, 1.54) is 0 Å². The molecule has 0 fully saturated rings. The lowest BCUT2D eigenvalue weighted by Crippen LogP contribution is -2.07. The predicted octanol–water partition coefficient (Wildman–Crippen LogP) is 7.61. The molecule has 3 aromatic heterocycles. The van der Waals surface area contributed by atoms with Crippen LogP contribution >= 0.6 is 0 Å². The average molecular weight is 599 g/mol. The van der Waals surface area contributed by atoms with Gasteiger partial charge < -0.3 is 24.9 Å². The van der Waals surface area contributed by atoms with E-state index >= 15 is 0 Å². The van der Waals surface area contributed by atoms with Crippen LogP contribution in [0.1, 0.15) is 114 Å². The highest BCUT2D eigenvalue weighted by Gasteiger charge is 2.32. The van der Waals surface area contributed by atoms with Gasteiger partial charge in [0.1, 0.15) is 0 Å². The quantitative estimate of drug-likeness (QED) is 0.186. The Labute approximate surface area is 257 Å². The monoisotopic (exact) mass is 598 g/mol. The van der Waals surface area contributed by atoms with Crippen LogP contribution < -0.4 is 0 Å². The van der Waals surface area contributed by atoms with Crippen LogP contribution in [0.5, 0.6) is 0 Å². The van der Waals surface area contributed by atoms with Crippen molar-refractivity contribution in [1.29, 1.82) is 0 Å². The Morgan fingerprint density at radius 3 is 2.30 bits per heavy atom. The minimum Gasteiger partial charge on any atom is -0.481 e. The molecule has 44 heavy (non-hydrogen) atoms. The van der Waals surface area contributed by atoms with E-state index in [4.69, 9.17) is 14.7 Å². The highest BCUT2D eigenvalue weighted by Crippen LogP contribution is 2.42. The summed E-state index contributed by atoms with van der Waals surface area (Å²) in [7, 11) is 0. The normalized spacial score (nSPS) is 16.5. The maximum atomic E-state index is 12.6. The van der Waals surface area contributed by atoms with Gasteiger partial charge in [-0.05, 0) is 93.0 Å². The zero-order chi connectivity index (χ0) is 31.9. The van der Waals surface area contributed by atoms with Crippen molar-refractivity contribution in [3.63, 3.8) is 0 Å². The van der Waals surface area contributed by atoms with Crippen LogP contribution in [0.2, 0.25) is 0 Å². The third-order valence-corrected chi connectivity index (χ3v) is 9.24. The van der Waals surface area contributed by atoms with Crippen molar-refractivity contribution < 1.29 is 24.5 Å². The molecular weight excluding hydrogens is 556 g/mol. The first-order valence-corrected chi connectivity index (χ1v) is 15.4. The van der Waals surface area contributed by atoms with E-state index in [1.54, 1.807) is 0 Å². The number of ether oxygens (including phenoxy) is 1. The first-order chi connectivity index (χ1) is 21.0. The Bertz CT molecular complexity index is 1850. The molecule has 2 aliphatic rings. The molecule has 232 valence electrons. The Morgan fingerprint density at radius 1 is 0.909 bits per heavy atom. The number of carboxylic acid groups (broad SMARTS) is 2. The van der Waals surface area contributed by atoms with Crippen LogP contribution in [0, 0.1) is 20.8 Å². The zero-order valence-electron chi connectivity index (χ0n) is 26.6. The summed E-state index contributed by atoms with van der Waals surface area (Å²) in [5.74, 6) is -2.18. The minimum absolute atomic E-state index is 0.0110. The van der Waals surface area contributed by atoms with Crippen LogP contribution in [0.4, 0.5) is 0 Å². The van der Waals surface area contributed by atoms with Crippen LogP contribution in [0.15, 0.2) is 18.2 Å². The summed E-state index contributed by atoms with van der Waals surface area (Å²) < 4.78 is 6.00. The first-order valence-electron chi connectivity index (χ1n) is 15.4. The molecule has 0 radical (unpaired) electrons. The van der Waals surface area contributed by atoms with E-state index in [-0.39, 0.29) is 23.8 Å². The summed E-state index contributed by atoms with van der Waals surface area (Å²) in [5.41, 5.74) is 12.1. The van der Waals surface area contributed by atoms with Crippen molar-refractivity contribution in [1.82, 2.24) is 19.9 Å². The van der Waals surface area contributed by atoms with Crippen molar-refractivity contribution in [3.05, 3.63) is 68.8 Å². The number of nitrogens with zero attached hydrogens (tertiary/aromatic N) is 2. The number of rotatable bonds is 9. The van der Waals surface area contributed by atoms with Gasteiger partial charge in [0, 0.05) is 58.4 Å². The zero-order valence-corrected chi connectivity index (χ0v) is 26.6. The van der Waals surface area contributed by atoms with Crippen molar-refractivity contribution in [2.45, 2.75) is 86.0 Å². The molecule has 4 N–H and O–H groups in total. The van der Waals surface area contributed by atoms with Gasteiger partial charge in [-0.15, -0.1) is 0 Å². The van der Waals surface area contributed by atoms with E-state index < -0.39 is 11.9 Å². The number of aryl methyl sites for hydroxylation is 4. The Morgan fingerprint density at radius 2 is 1.64 bits per heavy atom. The number of aliphatic carboxylic acids is 1. The number of allylic oxidation sites excluding steroid dienone is 1. The number of aromatic amines is 2. The Balaban J connectivity index is 1.93. The van der Waals surface area contributed by atoms with Gasteiger partial charge in [-0.2, -0.15) is 0 Å². The van der Waals surface area contributed by atoms with Gasteiger partial charge in [0.05, 0.1) is 29.1 Å². The van der Waals surface area contributed by atoms with E-state index in [0.717, 1.165) is 63.2 Å². The highest BCUT2D eigenvalue weighted by atomic mass is 16.5. The predicted molar refractivity (Wildman–Crippen MR) is 173 cm³/mol. The van der Waals surface area contributed by atoms with Crippen molar-refractivity contribution in [2.24, 2.45) is 0 Å².